The van der Waals surface area contributed by atoms with Gasteiger partial charge in [-0.15, -0.1) is 16.4 Å². The van der Waals surface area contributed by atoms with Crippen LogP contribution in [0.3, 0.4) is 0 Å². The fourth-order valence-corrected chi connectivity index (χ4v) is 4.42. The zero-order chi connectivity index (χ0) is 18.4. The summed E-state index contributed by atoms with van der Waals surface area (Å²) in [5.74, 6) is 0.521. The van der Waals surface area contributed by atoms with Gasteiger partial charge in [-0.25, -0.2) is 4.98 Å². The van der Waals surface area contributed by atoms with Crippen molar-refractivity contribution in [1.29, 1.82) is 0 Å². The summed E-state index contributed by atoms with van der Waals surface area (Å²) in [6.07, 6.45) is 0.948. The lowest BCUT2D eigenvalue weighted by molar-refractivity contribution is 0.556. The van der Waals surface area contributed by atoms with Crippen molar-refractivity contribution in [1.82, 2.24) is 15.2 Å². The van der Waals surface area contributed by atoms with Crippen LogP contribution in [-0.4, -0.2) is 34.3 Å². The van der Waals surface area contributed by atoms with Crippen molar-refractivity contribution in [2.75, 3.05) is 18.0 Å². The number of aryl methyl sites for hydroxylation is 1. The number of hydrogen-bond acceptors (Lipinski definition) is 7. The topological polar surface area (TPSA) is 81.1 Å². The van der Waals surface area contributed by atoms with Crippen LogP contribution < -0.4 is 10.6 Å². The number of rotatable bonds is 3. The van der Waals surface area contributed by atoms with E-state index in [2.05, 4.69) is 46.6 Å². The van der Waals surface area contributed by atoms with Gasteiger partial charge in [-0.05, 0) is 30.2 Å². The van der Waals surface area contributed by atoms with Crippen LogP contribution in [-0.2, 0) is 0 Å². The van der Waals surface area contributed by atoms with Crippen molar-refractivity contribution in [3.05, 3.63) is 48.2 Å². The zero-order valence-electron chi connectivity index (χ0n) is 14.9. The van der Waals surface area contributed by atoms with Crippen molar-refractivity contribution in [3.8, 4) is 21.3 Å². The van der Waals surface area contributed by atoms with Gasteiger partial charge in [0.2, 0.25) is 0 Å². The van der Waals surface area contributed by atoms with E-state index in [0.717, 1.165) is 40.7 Å². The molecule has 1 aliphatic rings. The molecule has 0 amide bonds. The second-order valence-electron chi connectivity index (χ2n) is 6.88. The van der Waals surface area contributed by atoms with Gasteiger partial charge in [-0.2, -0.15) is 0 Å². The summed E-state index contributed by atoms with van der Waals surface area (Å²) in [6.45, 7) is 3.59. The van der Waals surface area contributed by atoms with E-state index in [1.165, 1.54) is 10.8 Å². The third-order valence-corrected chi connectivity index (χ3v) is 6.09. The maximum Gasteiger partial charge on any atom is 0.318 e. The fraction of sp³-hybridized carbons (Fsp3) is 0.250. The predicted octanol–water partition coefficient (Wildman–Crippen LogP) is 3.86. The number of fused-ring (bicyclic) bond motifs is 1. The molecule has 27 heavy (non-hydrogen) atoms. The first kappa shape index (κ1) is 16.4. The lowest BCUT2D eigenvalue weighted by Gasteiger charge is -2.10. The van der Waals surface area contributed by atoms with E-state index in [1.807, 2.05) is 17.9 Å². The first-order valence-corrected chi connectivity index (χ1v) is 9.80. The number of benzene rings is 2. The highest BCUT2D eigenvalue weighted by atomic mass is 32.1. The molecule has 7 heteroatoms. The first-order valence-electron chi connectivity index (χ1n) is 8.98. The van der Waals surface area contributed by atoms with Crippen LogP contribution in [0.5, 0.6) is 0 Å². The minimum absolute atomic E-state index is 0.171. The van der Waals surface area contributed by atoms with Gasteiger partial charge in [-0.3, -0.25) is 0 Å². The maximum absolute atomic E-state index is 5.97. The van der Waals surface area contributed by atoms with Gasteiger partial charge < -0.3 is 15.1 Å². The summed E-state index contributed by atoms with van der Waals surface area (Å²) in [7, 11) is 0. The summed E-state index contributed by atoms with van der Waals surface area (Å²) in [6, 6.07) is 15.4. The van der Waals surface area contributed by atoms with Gasteiger partial charge in [-0.1, -0.05) is 41.5 Å². The van der Waals surface area contributed by atoms with Gasteiger partial charge in [0.05, 0.1) is 5.69 Å². The number of nitrogens with zero attached hydrogens (tertiary/aromatic N) is 4. The Morgan fingerprint density at radius 3 is 2.81 bits per heavy atom. The summed E-state index contributed by atoms with van der Waals surface area (Å²) in [5.41, 5.74) is 7.97. The molecule has 1 atom stereocenters. The van der Waals surface area contributed by atoms with Crippen LogP contribution in [0.4, 0.5) is 6.01 Å². The molecule has 4 aromatic rings. The molecule has 3 heterocycles. The van der Waals surface area contributed by atoms with Crippen molar-refractivity contribution in [2.45, 2.75) is 19.4 Å². The van der Waals surface area contributed by atoms with E-state index in [1.54, 1.807) is 11.3 Å². The standard InChI is InChI=1S/C20H19N5OS/c1-12-17(18-23-24-20(26-18)25-9-8-16(21)11-25)27-19(22-12)15-7-6-13-4-2-3-5-14(13)10-15/h2-7,10,16H,8-9,11,21H2,1H3. The van der Waals surface area contributed by atoms with Crippen LogP contribution in [0.25, 0.3) is 32.1 Å². The van der Waals surface area contributed by atoms with E-state index in [-0.39, 0.29) is 6.04 Å². The molecular formula is C20H19N5OS. The summed E-state index contributed by atoms with van der Waals surface area (Å²) >= 11 is 1.58. The zero-order valence-corrected chi connectivity index (χ0v) is 15.7. The molecule has 0 radical (unpaired) electrons. The lowest BCUT2D eigenvalue weighted by atomic mass is 10.1. The molecule has 136 valence electrons. The van der Waals surface area contributed by atoms with Gasteiger partial charge in [0.15, 0.2) is 0 Å². The van der Waals surface area contributed by atoms with Gasteiger partial charge in [0.1, 0.15) is 9.88 Å². The Morgan fingerprint density at radius 1 is 1.15 bits per heavy atom. The molecule has 1 unspecified atom stereocenters. The molecule has 2 aromatic heterocycles. The Morgan fingerprint density at radius 2 is 2.00 bits per heavy atom. The Kier molecular flexibility index (Phi) is 3.91. The number of anilines is 1. The normalized spacial score (nSPS) is 17.1. The van der Waals surface area contributed by atoms with Crippen LogP contribution in [0.15, 0.2) is 46.9 Å². The Balaban J connectivity index is 1.48. The second kappa shape index (κ2) is 6.44. The Hall–Kier alpha value is -2.77. The largest absolute Gasteiger partial charge is 0.402 e. The third-order valence-electron chi connectivity index (χ3n) is 4.90. The van der Waals surface area contributed by atoms with E-state index < -0.39 is 0 Å². The van der Waals surface area contributed by atoms with E-state index in [4.69, 9.17) is 15.1 Å². The van der Waals surface area contributed by atoms with Crippen molar-refractivity contribution >= 4 is 28.1 Å². The lowest BCUT2D eigenvalue weighted by Crippen LogP contribution is -2.26. The molecule has 1 saturated heterocycles. The van der Waals surface area contributed by atoms with Crippen LogP contribution >= 0.6 is 11.3 Å². The molecule has 6 nitrogen and oxygen atoms in total. The van der Waals surface area contributed by atoms with Gasteiger partial charge >= 0.3 is 6.01 Å². The molecule has 0 saturated carbocycles. The molecule has 2 N–H and O–H groups in total. The van der Waals surface area contributed by atoms with Gasteiger partial charge in [0, 0.05) is 24.7 Å². The molecule has 0 spiro atoms. The molecule has 5 rings (SSSR count). The Labute approximate surface area is 160 Å². The number of nitrogens with two attached hydrogens (primary N) is 1. The van der Waals surface area contributed by atoms with E-state index in [0.29, 0.717) is 11.9 Å². The number of thiazole rings is 1. The fourth-order valence-electron chi connectivity index (χ4n) is 3.44. The van der Waals surface area contributed by atoms with E-state index in [9.17, 15) is 0 Å². The highest BCUT2D eigenvalue weighted by molar-refractivity contribution is 7.18. The number of aromatic nitrogens is 3. The Bertz CT molecular complexity index is 1120. The maximum atomic E-state index is 5.97. The highest BCUT2D eigenvalue weighted by Gasteiger charge is 2.25. The number of hydrogen-bond donors (Lipinski definition) is 1. The van der Waals surface area contributed by atoms with Gasteiger partial charge in [0.25, 0.3) is 5.89 Å². The average molecular weight is 377 g/mol. The van der Waals surface area contributed by atoms with E-state index >= 15 is 0 Å². The minimum Gasteiger partial charge on any atom is -0.402 e. The molecular weight excluding hydrogens is 358 g/mol. The SMILES string of the molecule is Cc1nc(-c2ccc3ccccc3c2)sc1-c1nnc(N2CCC(N)C2)o1. The predicted molar refractivity (Wildman–Crippen MR) is 108 cm³/mol. The second-order valence-corrected chi connectivity index (χ2v) is 7.88. The quantitative estimate of drug-likeness (QED) is 0.584. The summed E-state index contributed by atoms with van der Waals surface area (Å²) in [5, 5.41) is 11.8. The molecule has 1 aliphatic heterocycles. The van der Waals surface area contributed by atoms with Crippen molar-refractivity contribution < 1.29 is 4.42 Å². The molecule has 2 aromatic carbocycles. The van der Waals surface area contributed by atoms with Crippen LogP contribution in [0.1, 0.15) is 12.1 Å². The van der Waals surface area contributed by atoms with Crippen molar-refractivity contribution in [2.24, 2.45) is 5.73 Å². The monoisotopic (exact) mass is 377 g/mol. The highest BCUT2D eigenvalue weighted by Crippen LogP contribution is 2.36. The first-order chi connectivity index (χ1) is 13.2. The molecule has 0 aliphatic carbocycles. The average Bonchev–Trinajstić information content (AvgIpc) is 3.40. The van der Waals surface area contributed by atoms with Crippen LogP contribution in [0.2, 0.25) is 0 Å². The summed E-state index contributed by atoms with van der Waals surface area (Å²) in [4.78, 5) is 7.70. The minimum atomic E-state index is 0.171. The molecule has 1 fully saturated rings. The third kappa shape index (κ3) is 2.98. The van der Waals surface area contributed by atoms with Crippen LogP contribution in [0, 0.1) is 6.92 Å². The van der Waals surface area contributed by atoms with Crippen molar-refractivity contribution in [3.63, 3.8) is 0 Å². The summed E-state index contributed by atoms with van der Waals surface area (Å²) < 4.78 is 5.92. The molecule has 0 bridgehead atoms. The smallest absolute Gasteiger partial charge is 0.318 e.